The number of imide groups is 2. The molecular weight excluding hydrogens is 990 g/mol. The normalized spacial score (nSPS) is 17.3. The first-order valence-electron chi connectivity index (χ1n) is 23.1. The number of anilines is 2. The van der Waals surface area contributed by atoms with Gasteiger partial charge in [0.1, 0.15) is 10.9 Å². The van der Waals surface area contributed by atoms with Crippen LogP contribution in [0.4, 0.5) is 24.5 Å². The van der Waals surface area contributed by atoms with Crippen molar-refractivity contribution in [1.82, 2.24) is 25.3 Å². The molecule has 2 fully saturated rings. The number of thiol groups is 1. The number of piperazine rings is 1. The lowest BCUT2D eigenvalue weighted by atomic mass is 10.0. The van der Waals surface area contributed by atoms with Gasteiger partial charge in [-0.25, -0.2) is 8.42 Å². The number of nitrogens with two attached hydrogens (primary N) is 1. The third-order valence-corrected chi connectivity index (χ3v) is 14.7. The number of carbonyl (C=O) groups excluding carboxylic acids is 5. The summed E-state index contributed by atoms with van der Waals surface area (Å²) in [7, 11) is -5.64. The van der Waals surface area contributed by atoms with E-state index in [4.69, 9.17) is 19.9 Å². The maximum atomic E-state index is 13.6. The van der Waals surface area contributed by atoms with Crippen LogP contribution in [0.2, 0.25) is 0 Å². The summed E-state index contributed by atoms with van der Waals surface area (Å²) in [5.74, 6) is -1.78. The van der Waals surface area contributed by atoms with E-state index in [2.05, 4.69) is 38.8 Å². The quantitative estimate of drug-likeness (QED) is 0.0273. The third kappa shape index (κ3) is 15.6. The van der Waals surface area contributed by atoms with Crippen molar-refractivity contribution < 1.29 is 59.8 Å². The monoisotopic (exact) mass is 1050 g/mol. The van der Waals surface area contributed by atoms with Crippen LogP contribution in [0.1, 0.15) is 52.8 Å². The Bertz CT molecular complexity index is 2480. The van der Waals surface area contributed by atoms with Crippen LogP contribution in [0.15, 0.2) is 93.3 Å². The largest absolute Gasteiger partial charge is 0.501 e. The van der Waals surface area contributed by atoms with Crippen molar-refractivity contribution >= 4 is 75.1 Å². The van der Waals surface area contributed by atoms with Gasteiger partial charge in [-0.1, -0.05) is 24.3 Å². The van der Waals surface area contributed by atoms with Gasteiger partial charge in [-0.3, -0.25) is 39.1 Å². The molecule has 0 bridgehead atoms. The van der Waals surface area contributed by atoms with E-state index >= 15 is 0 Å². The van der Waals surface area contributed by atoms with Crippen LogP contribution in [0.5, 0.6) is 0 Å². The summed E-state index contributed by atoms with van der Waals surface area (Å²) in [6.07, 6.45) is 3.20. The number of ether oxygens (including phenoxy) is 3. The SMILES string of the molecule is N/C(=C\NCCCC(=O)N1CCN(CC[C@H](CSc2ccccc2)Nc2ccc(S)cc2S(=O)(=O)C(F)(F)F)CC1)COCCOCCOCCNc1cccc2c1C(=O)N(C1CCC(=O)NC1=O)C2=O. The topological polar surface area (TPSA) is 231 Å². The summed E-state index contributed by atoms with van der Waals surface area (Å²) in [6, 6.07) is 16.6. The maximum absolute atomic E-state index is 13.6. The fourth-order valence-corrected chi connectivity index (χ4v) is 10.2. The molecule has 0 aromatic heterocycles. The summed E-state index contributed by atoms with van der Waals surface area (Å²) in [4.78, 5) is 68.3. The molecule has 3 heterocycles. The second kappa shape index (κ2) is 26.4. The first kappa shape index (κ1) is 55.0. The predicted molar refractivity (Wildman–Crippen MR) is 263 cm³/mol. The minimum absolute atomic E-state index is 0.0340. The second-order valence-corrected chi connectivity index (χ2v) is 20.3. The molecule has 0 radical (unpaired) electrons. The first-order chi connectivity index (χ1) is 34.0. The molecule has 0 aliphatic carbocycles. The minimum Gasteiger partial charge on any atom is -0.399 e. The van der Waals surface area contributed by atoms with Crippen LogP contribution in [-0.4, -0.2) is 161 Å². The lowest BCUT2D eigenvalue weighted by Gasteiger charge is -2.35. The van der Waals surface area contributed by atoms with Crippen LogP contribution in [0.3, 0.4) is 0 Å². The number of rotatable bonds is 27. The molecule has 18 nitrogen and oxygen atoms in total. The van der Waals surface area contributed by atoms with E-state index in [-0.39, 0.29) is 59.7 Å². The molecule has 5 amide bonds. The summed E-state index contributed by atoms with van der Waals surface area (Å²) < 4.78 is 82.6. The van der Waals surface area contributed by atoms with Crippen molar-refractivity contribution in [3.05, 3.63) is 89.8 Å². The van der Waals surface area contributed by atoms with Gasteiger partial charge < -0.3 is 40.8 Å². The number of amides is 5. The van der Waals surface area contributed by atoms with Gasteiger partial charge in [0.15, 0.2) is 0 Å². The lowest BCUT2D eigenvalue weighted by molar-refractivity contribution is -0.136. The Morgan fingerprint density at radius 3 is 2.34 bits per heavy atom. The molecule has 3 aromatic rings. The molecule has 2 saturated heterocycles. The van der Waals surface area contributed by atoms with E-state index in [1.165, 1.54) is 30.0 Å². The zero-order valence-electron chi connectivity index (χ0n) is 38.9. The highest BCUT2D eigenvalue weighted by Crippen LogP contribution is 2.37. The van der Waals surface area contributed by atoms with Crippen LogP contribution in [-0.2, 0) is 38.4 Å². The highest BCUT2D eigenvalue weighted by molar-refractivity contribution is 7.99. The number of sulfone groups is 1. The number of thioether (sulfide) groups is 1. The van der Waals surface area contributed by atoms with Crippen molar-refractivity contribution in [3.63, 3.8) is 0 Å². The molecule has 0 spiro atoms. The summed E-state index contributed by atoms with van der Waals surface area (Å²) in [5.41, 5.74) is 1.72. The molecule has 386 valence electrons. The molecular formula is C47H59F3N8O10S3. The number of nitrogens with one attached hydrogen (secondary N) is 4. The molecule has 6 N–H and O–H groups in total. The highest BCUT2D eigenvalue weighted by Gasteiger charge is 2.48. The Morgan fingerprint density at radius 1 is 0.901 bits per heavy atom. The van der Waals surface area contributed by atoms with Crippen molar-refractivity contribution in [2.45, 2.75) is 64.4 Å². The fourth-order valence-electron chi connectivity index (χ4n) is 7.96. The van der Waals surface area contributed by atoms with Crippen molar-refractivity contribution in [2.24, 2.45) is 5.73 Å². The number of carbonyl (C=O) groups is 5. The van der Waals surface area contributed by atoms with Crippen LogP contribution >= 0.6 is 24.4 Å². The standard InChI is InChI=1S/C47H59F3N8O10S3/c48-47(49,50)71(64,65)40-28-34(69)11-12-37(40)54-33(31-70-35-6-2-1-3-7-35)15-18-56-19-21-57(22-20-56)42(60)10-5-16-52-29-32(51)30-68-27-26-67-25-24-66-23-17-53-38-9-4-8-36-43(38)46(63)58(45(36)62)39-13-14-41(59)55-44(39)61/h1-4,6-9,11-12,28-29,33,39,52-54,69H,5,10,13-27,30-31,51H2,(H,55,59,61)/b32-29-/t33-,39?/m1/s1. The number of hydrogen-bond donors (Lipinski definition) is 6. The predicted octanol–water partition coefficient (Wildman–Crippen LogP) is 4.11. The van der Waals surface area contributed by atoms with E-state index in [1.807, 2.05) is 35.2 Å². The van der Waals surface area contributed by atoms with E-state index < -0.39 is 49.9 Å². The summed E-state index contributed by atoms with van der Waals surface area (Å²) in [5, 5.41) is 11.5. The molecule has 1 unspecified atom stereocenters. The Balaban J connectivity index is 0.798. The zero-order valence-corrected chi connectivity index (χ0v) is 41.4. The minimum atomic E-state index is -5.64. The van der Waals surface area contributed by atoms with Gasteiger partial charge in [-0.05, 0) is 61.7 Å². The van der Waals surface area contributed by atoms with E-state index in [0.29, 0.717) is 109 Å². The second-order valence-electron chi connectivity index (χ2n) is 16.8. The fraction of sp³-hybridized carbons (Fsp3) is 0.468. The van der Waals surface area contributed by atoms with Gasteiger partial charge in [-0.2, -0.15) is 13.2 Å². The van der Waals surface area contributed by atoms with Crippen LogP contribution in [0, 0.1) is 0 Å². The molecule has 24 heteroatoms. The molecule has 6 rings (SSSR count). The van der Waals surface area contributed by atoms with Gasteiger partial charge in [0.25, 0.3) is 21.7 Å². The Hall–Kier alpha value is -5.37. The summed E-state index contributed by atoms with van der Waals surface area (Å²) in [6.45, 7) is 5.44. The number of nitrogens with zero attached hydrogens (tertiary/aromatic N) is 3. The lowest BCUT2D eigenvalue weighted by Crippen LogP contribution is -2.54. The van der Waals surface area contributed by atoms with E-state index in [0.717, 1.165) is 15.9 Å². The van der Waals surface area contributed by atoms with E-state index in [1.54, 1.807) is 18.3 Å². The van der Waals surface area contributed by atoms with Gasteiger partial charge in [0, 0.05) is 92.1 Å². The number of alkyl halides is 3. The number of halogens is 3. The number of hydrogen-bond acceptors (Lipinski definition) is 17. The zero-order chi connectivity index (χ0) is 51.0. The van der Waals surface area contributed by atoms with Crippen molar-refractivity contribution in [3.8, 4) is 0 Å². The average molecular weight is 1050 g/mol. The van der Waals surface area contributed by atoms with Crippen LogP contribution in [0.25, 0.3) is 0 Å². The first-order valence-corrected chi connectivity index (χ1v) is 26.0. The molecule has 3 aromatic carbocycles. The number of benzene rings is 3. The molecule has 3 aliphatic heterocycles. The molecule has 3 aliphatic rings. The van der Waals surface area contributed by atoms with E-state index in [9.17, 15) is 45.6 Å². The van der Waals surface area contributed by atoms with Crippen LogP contribution < -0.4 is 27.0 Å². The Labute approximate surface area is 420 Å². The number of fused-ring (bicyclic) bond motifs is 1. The summed E-state index contributed by atoms with van der Waals surface area (Å²) >= 11 is 5.60. The Kier molecular flexibility index (Phi) is 20.4. The van der Waals surface area contributed by atoms with Gasteiger partial charge in [-0.15, -0.1) is 24.4 Å². The van der Waals surface area contributed by atoms with Gasteiger partial charge >= 0.3 is 5.51 Å². The average Bonchev–Trinajstić information content (AvgIpc) is 3.60. The smallest absolute Gasteiger partial charge is 0.399 e. The number of piperidine rings is 1. The van der Waals surface area contributed by atoms with Crippen molar-refractivity contribution in [1.29, 1.82) is 0 Å². The van der Waals surface area contributed by atoms with Gasteiger partial charge in [0.2, 0.25) is 17.7 Å². The van der Waals surface area contributed by atoms with Gasteiger partial charge in [0.05, 0.1) is 62.2 Å². The van der Waals surface area contributed by atoms with Crippen molar-refractivity contribution in [2.75, 3.05) is 102 Å². The molecule has 2 atom stereocenters. The maximum Gasteiger partial charge on any atom is 0.501 e. The molecule has 71 heavy (non-hydrogen) atoms. The third-order valence-electron chi connectivity index (χ3n) is 11.7. The highest BCUT2D eigenvalue weighted by atomic mass is 32.2. The Morgan fingerprint density at radius 2 is 1.62 bits per heavy atom. The molecule has 0 saturated carbocycles.